The van der Waals surface area contributed by atoms with Crippen LogP contribution in [-0.2, 0) is 21.2 Å². The Morgan fingerprint density at radius 3 is 2.00 bits per heavy atom. The fraction of sp³-hybridized carbons (Fsp3) is 0.321. The van der Waals surface area contributed by atoms with E-state index in [0.717, 1.165) is 11.1 Å². The Kier molecular flexibility index (Phi) is 9.98. The molecular formula is C28H34N2O7S. The van der Waals surface area contributed by atoms with Gasteiger partial charge in [-0.1, -0.05) is 36.4 Å². The summed E-state index contributed by atoms with van der Waals surface area (Å²) < 4.78 is 49.7. The molecular weight excluding hydrogens is 508 g/mol. The molecule has 204 valence electrons. The molecule has 0 spiro atoms. The van der Waals surface area contributed by atoms with Crippen LogP contribution in [0.15, 0.2) is 71.6 Å². The van der Waals surface area contributed by atoms with Gasteiger partial charge in [-0.25, -0.2) is 8.42 Å². The third-order valence-electron chi connectivity index (χ3n) is 6.09. The lowest BCUT2D eigenvalue weighted by Crippen LogP contribution is -2.42. The van der Waals surface area contributed by atoms with Crippen molar-refractivity contribution in [2.75, 3.05) is 41.5 Å². The largest absolute Gasteiger partial charge is 0.493 e. The molecule has 0 aromatic heterocycles. The summed E-state index contributed by atoms with van der Waals surface area (Å²) >= 11 is 0. The van der Waals surface area contributed by atoms with Gasteiger partial charge in [0.25, 0.3) is 0 Å². The number of nitrogens with one attached hydrogen (secondary N) is 1. The maximum atomic E-state index is 13.7. The third kappa shape index (κ3) is 6.96. The summed E-state index contributed by atoms with van der Waals surface area (Å²) in [6, 6.07) is 18.8. The molecule has 0 aliphatic carbocycles. The van der Waals surface area contributed by atoms with Crippen molar-refractivity contribution in [3.8, 4) is 23.0 Å². The summed E-state index contributed by atoms with van der Waals surface area (Å²) in [5.41, 5.74) is 1.74. The quantitative estimate of drug-likeness (QED) is 0.350. The Hall–Kier alpha value is -3.76. The molecule has 1 N–H and O–H groups in total. The van der Waals surface area contributed by atoms with Gasteiger partial charge in [0.2, 0.25) is 15.9 Å². The minimum Gasteiger partial charge on any atom is -0.493 e. The monoisotopic (exact) mass is 542 g/mol. The first-order chi connectivity index (χ1) is 18.2. The van der Waals surface area contributed by atoms with E-state index in [0.29, 0.717) is 23.7 Å². The molecule has 0 aliphatic rings. The predicted molar refractivity (Wildman–Crippen MR) is 145 cm³/mol. The number of methoxy groups -OCH3 is 4. The maximum absolute atomic E-state index is 13.7. The van der Waals surface area contributed by atoms with Gasteiger partial charge in [0, 0.05) is 12.6 Å². The highest BCUT2D eigenvalue weighted by Crippen LogP contribution is 2.31. The summed E-state index contributed by atoms with van der Waals surface area (Å²) in [6.45, 7) is 1.57. The zero-order chi connectivity index (χ0) is 27.7. The molecule has 0 heterocycles. The molecule has 0 fully saturated rings. The molecule has 0 saturated heterocycles. The summed E-state index contributed by atoms with van der Waals surface area (Å²) in [4.78, 5) is 13.1. The summed E-state index contributed by atoms with van der Waals surface area (Å²) in [7, 11) is 1.95. The topological polar surface area (TPSA) is 103 Å². The predicted octanol–water partition coefficient (Wildman–Crippen LogP) is 3.83. The van der Waals surface area contributed by atoms with Gasteiger partial charge in [-0.15, -0.1) is 0 Å². The molecule has 38 heavy (non-hydrogen) atoms. The second-order valence-corrected chi connectivity index (χ2v) is 10.4. The van der Waals surface area contributed by atoms with Crippen LogP contribution in [0.25, 0.3) is 0 Å². The number of carbonyl (C=O) groups excluding carboxylic acids is 1. The van der Waals surface area contributed by atoms with E-state index in [2.05, 4.69) is 5.32 Å². The van der Waals surface area contributed by atoms with Crippen molar-refractivity contribution < 1.29 is 32.2 Å². The standard InChI is InChI=1S/C28H34N2O7S/c1-20(22-11-13-24(34-2)26(17-22)36-4)29-28(31)19-30(16-15-21-9-7-6-8-10-21)38(32,33)23-12-14-25(35-3)27(18-23)37-5/h6-14,17-18,20H,15-16,19H2,1-5H3,(H,29,31)/t20-/m1/s1. The van der Waals surface area contributed by atoms with Gasteiger partial charge < -0.3 is 24.3 Å². The highest BCUT2D eigenvalue weighted by Gasteiger charge is 2.28. The van der Waals surface area contributed by atoms with Crippen LogP contribution < -0.4 is 24.3 Å². The molecule has 1 amide bonds. The molecule has 9 nitrogen and oxygen atoms in total. The van der Waals surface area contributed by atoms with E-state index in [4.69, 9.17) is 18.9 Å². The summed E-state index contributed by atoms with van der Waals surface area (Å²) in [6.07, 6.45) is 0.436. The van der Waals surface area contributed by atoms with E-state index in [9.17, 15) is 13.2 Å². The second kappa shape index (κ2) is 13.2. The van der Waals surface area contributed by atoms with Gasteiger partial charge in [-0.05, 0) is 48.7 Å². The molecule has 0 unspecified atom stereocenters. The first-order valence-electron chi connectivity index (χ1n) is 12.0. The summed E-state index contributed by atoms with van der Waals surface area (Å²) in [5.74, 6) is 1.35. The number of ether oxygens (including phenoxy) is 4. The molecule has 0 aliphatic heterocycles. The lowest BCUT2D eigenvalue weighted by atomic mass is 10.1. The van der Waals surface area contributed by atoms with Gasteiger partial charge in [-0.3, -0.25) is 4.79 Å². The summed E-state index contributed by atoms with van der Waals surface area (Å²) in [5, 5.41) is 2.89. The van der Waals surface area contributed by atoms with Gasteiger partial charge in [-0.2, -0.15) is 4.31 Å². The second-order valence-electron chi connectivity index (χ2n) is 8.49. The Labute approximate surface area is 224 Å². The first-order valence-corrected chi connectivity index (χ1v) is 13.4. The highest BCUT2D eigenvalue weighted by molar-refractivity contribution is 7.89. The Bertz CT molecular complexity index is 1330. The van der Waals surface area contributed by atoms with Gasteiger partial charge in [0.05, 0.1) is 45.9 Å². The average Bonchev–Trinajstić information content (AvgIpc) is 2.94. The number of hydrogen-bond donors (Lipinski definition) is 1. The van der Waals surface area contributed by atoms with Crippen LogP contribution >= 0.6 is 0 Å². The van der Waals surface area contributed by atoms with Crippen molar-refractivity contribution in [2.45, 2.75) is 24.3 Å². The minimum absolute atomic E-state index is 0.00366. The van der Waals surface area contributed by atoms with Crippen LogP contribution in [0.2, 0.25) is 0 Å². The molecule has 0 radical (unpaired) electrons. The number of amides is 1. The van der Waals surface area contributed by atoms with Crippen LogP contribution in [-0.4, -0.2) is 60.2 Å². The normalized spacial score (nSPS) is 12.1. The number of sulfonamides is 1. The van der Waals surface area contributed by atoms with E-state index in [-0.39, 0.29) is 23.7 Å². The van der Waals surface area contributed by atoms with Crippen LogP contribution in [0.1, 0.15) is 24.1 Å². The molecule has 1 atom stereocenters. The third-order valence-corrected chi connectivity index (χ3v) is 7.93. The van der Waals surface area contributed by atoms with E-state index < -0.39 is 22.0 Å². The van der Waals surface area contributed by atoms with Crippen LogP contribution in [0.5, 0.6) is 23.0 Å². The lowest BCUT2D eigenvalue weighted by Gasteiger charge is -2.24. The van der Waals surface area contributed by atoms with Crippen LogP contribution in [0.4, 0.5) is 0 Å². The van der Waals surface area contributed by atoms with Gasteiger partial charge >= 0.3 is 0 Å². The molecule has 0 saturated carbocycles. The zero-order valence-corrected chi connectivity index (χ0v) is 23.1. The first kappa shape index (κ1) is 28.8. The van der Waals surface area contributed by atoms with Crippen molar-refractivity contribution >= 4 is 15.9 Å². The number of benzene rings is 3. The Morgan fingerprint density at radius 2 is 1.39 bits per heavy atom. The Balaban J connectivity index is 1.84. The van der Waals surface area contributed by atoms with Crippen molar-refractivity contribution in [3.05, 3.63) is 77.9 Å². The molecule has 3 aromatic rings. The van der Waals surface area contributed by atoms with E-state index in [1.165, 1.54) is 43.8 Å². The fourth-order valence-electron chi connectivity index (χ4n) is 3.96. The van der Waals surface area contributed by atoms with Crippen molar-refractivity contribution in [1.29, 1.82) is 0 Å². The number of rotatable bonds is 13. The van der Waals surface area contributed by atoms with Crippen LogP contribution in [0.3, 0.4) is 0 Å². The molecule has 3 aromatic carbocycles. The van der Waals surface area contributed by atoms with Crippen LogP contribution in [0, 0.1) is 0 Å². The minimum atomic E-state index is -4.04. The van der Waals surface area contributed by atoms with Gasteiger partial charge in [0.15, 0.2) is 23.0 Å². The van der Waals surface area contributed by atoms with E-state index in [1.807, 2.05) is 43.3 Å². The highest BCUT2D eigenvalue weighted by atomic mass is 32.2. The molecule has 0 bridgehead atoms. The maximum Gasteiger partial charge on any atom is 0.243 e. The number of nitrogens with zero attached hydrogens (tertiary/aromatic N) is 1. The number of hydrogen-bond acceptors (Lipinski definition) is 7. The average molecular weight is 543 g/mol. The smallest absolute Gasteiger partial charge is 0.243 e. The fourth-order valence-corrected chi connectivity index (χ4v) is 5.37. The van der Waals surface area contributed by atoms with E-state index in [1.54, 1.807) is 19.2 Å². The zero-order valence-electron chi connectivity index (χ0n) is 22.3. The SMILES string of the molecule is COc1ccc([C@@H](C)NC(=O)CN(CCc2ccccc2)S(=O)(=O)c2ccc(OC)c(OC)c2)cc1OC. The van der Waals surface area contributed by atoms with E-state index >= 15 is 0 Å². The van der Waals surface area contributed by atoms with Gasteiger partial charge in [0.1, 0.15) is 0 Å². The van der Waals surface area contributed by atoms with Crippen molar-refractivity contribution in [2.24, 2.45) is 0 Å². The molecule has 3 rings (SSSR count). The lowest BCUT2D eigenvalue weighted by molar-refractivity contribution is -0.121. The molecule has 10 heteroatoms. The van der Waals surface area contributed by atoms with Crippen molar-refractivity contribution in [1.82, 2.24) is 9.62 Å². The van der Waals surface area contributed by atoms with Crippen molar-refractivity contribution in [3.63, 3.8) is 0 Å². The number of carbonyl (C=O) groups is 1. The Morgan fingerprint density at radius 1 is 0.816 bits per heavy atom.